The van der Waals surface area contributed by atoms with Crippen molar-refractivity contribution in [2.75, 3.05) is 0 Å². The Bertz CT molecular complexity index is 383. The Labute approximate surface area is 83.8 Å². The van der Waals surface area contributed by atoms with Crippen LogP contribution in [0, 0.1) is 6.92 Å². The maximum Gasteiger partial charge on any atom is 0.178 e. The van der Waals surface area contributed by atoms with Gasteiger partial charge in [-0.2, -0.15) is 0 Å². The molecule has 0 N–H and O–H groups in total. The highest BCUT2D eigenvalue weighted by Crippen LogP contribution is 2.28. The largest absolute Gasteiger partial charge is 0.290 e. The monoisotopic (exact) mass is 183 g/mol. The Kier molecular flexibility index (Phi) is 2.08. The van der Waals surface area contributed by atoms with Crippen LogP contribution in [0.2, 0.25) is 0 Å². The van der Waals surface area contributed by atoms with Crippen LogP contribution in [0.5, 0.6) is 0 Å². The molecule has 0 bridgehead atoms. The molecule has 14 heavy (non-hydrogen) atoms. The van der Waals surface area contributed by atoms with E-state index < -0.39 is 0 Å². The van der Waals surface area contributed by atoms with Crippen LogP contribution in [0.15, 0.2) is 54.6 Å². The highest BCUT2D eigenvalue weighted by molar-refractivity contribution is 6.00. The lowest BCUT2D eigenvalue weighted by atomic mass is 9.79. The molecule has 0 unspecified atom stereocenters. The van der Waals surface area contributed by atoms with Gasteiger partial charge >= 0.3 is 0 Å². The molecule has 0 saturated carbocycles. The quantitative estimate of drug-likeness (QED) is 0.653. The van der Waals surface area contributed by atoms with Crippen LogP contribution in [-0.2, 0) is 10.2 Å². The molecule has 1 aromatic carbocycles. The van der Waals surface area contributed by atoms with Crippen molar-refractivity contribution in [2.24, 2.45) is 0 Å². The van der Waals surface area contributed by atoms with Crippen molar-refractivity contribution in [1.29, 1.82) is 0 Å². The third-order valence-corrected chi connectivity index (χ3v) is 2.40. The maximum atomic E-state index is 11.0. The van der Waals surface area contributed by atoms with Crippen LogP contribution in [-0.4, -0.2) is 5.78 Å². The minimum absolute atomic E-state index is 0.0280. The zero-order chi connectivity index (χ0) is 10.0. The second-order valence-corrected chi connectivity index (χ2v) is 3.48. The van der Waals surface area contributed by atoms with Crippen LogP contribution < -0.4 is 0 Å². The molecule has 0 spiro atoms. The topological polar surface area (TPSA) is 17.1 Å². The average molecular weight is 183 g/mol. The summed E-state index contributed by atoms with van der Waals surface area (Å²) in [5.74, 6) is 0.0280. The average Bonchev–Trinajstić information content (AvgIpc) is 2.24. The first-order valence-corrected chi connectivity index (χ1v) is 4.54. The molecule has 1 radical (unpaired) electrons. The van der Waals surface area contributed by atoms with E-state index in [1.165, 1.54) is 0 Å². The number of carbonyl (C=O) groups is 1. The second-order valence-electron chi connectivity index (χ2n) is 3.48. The van der Waals surface area contributed by atoms with Crippen molar-refractivity contribution in [1.82, 2.24) is 0 Å². The molecule has 0 atom stereocenters. The lowest BCUT2D eigenvalue weighted by Crippen LogP contribution is -2.19. The maximum absolute atomic E-state index is 11.0. The van der Waals surface area contributed by atoms with Crippen molar-refractivity contribution < 1.29 is 4.79 Å². The minimum atomic E-state index is -0.380. The third kappa shape index (κ3) is 1.53. The first-order chi connectivity index (χ1) is 6.71. The summed E-state index contributed by atoms with van der Waals surface area (Å²) in [6, 6.07) is 9.93. The standard InChI is InChI=1S/C13H11O/c1-13(9-7-12(14)8-10-13)11-5-3-2-4-6-11/h2-10H,1H2. The van der Waals surface area contributed by atoms with E-state index in [0.29, 0.717) is 0 Å². The van der Waals surface area contributed by atoms with Gasteiger partial charge < -0.3 is 0 Å². The highest BCUT2D eigenvalue weighted by Gasteiger charge is 2.22. The number of benzene rings is 1. The van der Waals surface area contributed by atoms with Gasteiger partial charge in [0.1, 0.15) is 0 Å². The summed E-state index contributed by atoms with van der Waals surface area (Å²) in [6.45, 7) is 4.11. The second kappa shape index (κ2) is 3.26. The Hall–Kier alpha value is -1.63. The highest BCUT2D eigenvalue weighted by atomic mass is 16.1. The fraction of sp³-hybridized carbons (Fsp3) is 0.0769. The Morgan fingerprint density at radius 2 is 1.57 bits per heavy atom. The first kappa shape index (κ1) is 8.95. The molecule has 0 heterocycles. The molecule has 0 amide bonds. The van der Waals surface area contributed by atoms with Gasteiger partial charge in [0.25, 0.3) is 0 Å². The Balaban J connectivity index is 2.40. The summed E-state index contributed by atoms with van der Waals surface area (Å²) in [5, 5.41) is 0. The van der Waals surface area contributed by atoms with E-state index in [2.05, 4.69) is 6.92 Å². The Morgan fingerprint density at radius 3 is 2.14 bits per heavy atom. The number of carbonyl (C=O) groups excluding carboxylic acids is 1. The fourth-order valence-electron chi connectivity index (χ4n) is 1.51. The van der Waals surface area contributed by atoms with Gasteiger partial charge in [-0.05, 0) is 24.6 Å². The number of rotatable bonds is 1. The van der Waals surface area contributed by atoms with E-state index >= 15 is 0 Å². The van der Waals surface area contributed by atoms with Crippen LogP contribution in [0.1, 0.15) is 5.56 Å². The zero-order valence-corrected chi connectivity index (χ0v) is 7.81. The number of ketones is 1. The van der Waals surface area contributed by atoms with E-state index in [4.69, 9.17) is 0 Å². The number of hydrogen-bond acceptors (Lipinski definition) is 1. The molecule has 1 aliphatic carbocycles. The van der Waals surface area contributed by atoms with E-state index in [9.17, 15) is 4.79 Å². The zero-order valence-electron chi connectivity index (χ0n) is 7.81. The third-order valence-electron chi connectivity index (χ3n) is 2.40. The van der Waals surface area contributed by atoms with Crippen LogP contribution in [0.4, 0.5) is 0 Å². The van der Waals surface area contributed by atoms with Crippen LogP contribution in [0.3, 0.4) is 0 Å². The predicted octanol–water partition coefficient (Wildman–Crippen LogP) is 2.45. The van der Waals surface area contributed by atoms with Crippen LogP contribution >= 0.6 is 0 Å². The molecule has 1 aliphatic rings. The van der Waals surface area contributed by atoms with Gasteiger partial charge in [0.15, 0.2) is 5.78 Å². The Morgan fingerprint density at radius 1 is 1.00 bits per heavy atom. The lowest BCUT2D eigenvalue weighted by molar-refractivity contribution is -0.110. The molecule has 0 fully saturated rings. The van der Waals surface area contributed by atoms with Gasteiger partial charge in [0.05, 0.1) is 0 Å². The molecule has 1 heteroatoms. The van der Waals surface area contributed by atoms with Crippen molar-refractivity contribution in [3.8, 4) is 0 Å². The molecule has 0 aromatic heterocycles. The van der Waals surface area contributed by atoms with Gasteiger partial charge in [0.2, 0.25) is 0 Å². The van der Waals surface area contributed by atoms with Gasteiger partial charge in [-0.25, -0.2) is 0 Å². The van der Waals surface area contributed by atoms with Gasteiger partial charge in [-0.1, -0.05) is 42.5 Å². The van der Waals surface area contributed by atoms with E-state index in [0.717, 1.165) is 5.56 Å². The minimum Gasteiger partial charge on any atom is -0.290 e. The molecule has 1 aromatic rings. The molecular weight excluding hydrogens is 172 g/mol. The molecular formula is C13H11O. The summed E-state index contributed by atoms with van der Waals surface area (Å²) in [5.41, 5.74) is 0.717. The summed E-state index contributed by atoms with van der Waals surface area (Å²) < 4.78 is 0. The predicted molar refractivity (Wildman–Crippen MR) is 56.8 cm³/mol. The molecule has 2 rings (SSSR count). The number of hydrogen-bond donors (Lipinski definition) is 0. The molecule has 69 valence electrons. The van der Waals surface area contributed by atoms with E-state index in [1.807, 2.05) is 42.5 Å². The number of allylic oxidation sites excluding steroid dienone is 4. The summed E-state index contributed by atoms with van der Waals surface area (Å²) in [7, 11) is 0. The first-order valence-electron chi connectivity index (χ1n) is 4.54. The SMILES string of the molecule is [CH2]C1(c2ccccc2)C=CC(=O)C=C1. The van der Waals surface area contributed by atoms with Crippen molar-refractivity contribution >= 4 is 5.78 Å². The molecule has 1 nitrogen and oxygen atoms in total. The van der Waals surface area contributed by atoms with E-state index in [-0.39, 0.29) is 11.2 Å². The van der Waals surface area contributed by atoms with Crippen molar-refractivity contribution in [2.45, 2.75) is 5.41 Å². The van der Waals surface area contributed by atoms with Gasteiger partial charge in [0, 0.05) is 5.41 Å². The normalized spacial score (nSPS) is 18.5. The summed E-state index contributed by atoms with van der Waals surface area (Å²) in [6.07, 6.45) is 6.81. The van der Waals surface area contributed by atoms with E-state index in [1.54, 1.807) is 12.2 Å². The molecule has 0 saturated heterocycles. The van der Waals surface area contributed by atoms with Gasteiger partial charge in [-0.15, -0.1) is 0 Å². The van der Waals surface area contributed by atoms with Crippen molar-refractivity contribution in [3.63, 3.8) is 0 Å². The van der Waals surface area contributed by atoms with Gasteiger partial charge in [-0.3, -0.25) is 4.79 Å². The smallest absolute Gasteiger partial charge is 0.178 e. The van der Waals surface area contributed by atoms with Crippen molar-refractivity contribution in [3.05, 3.63) is 67.1 Å². The van der Waals surface area contributed by atoms with Crippen LogP contribution in [0.25, 0.3) is 0 Å². The summed E-state index contributed by atoms with van der Waals surface area (Å²) >= 11 is 0. The lowest BCUT2D eigenvalue weighted by Gasteiger charge is -2.24. The summed E-state index contributed by atoms with van der Waals surface area (Å²) in [4.78, 5) is 11.0. The molecule has 0 aliphatic heterocycles. The fourth-order valence-corrected chi connectivity index (χ4v) is 1.51.